The third-order valence-electron chi connectivity index (χ3n) is 3.83. The number of nitrogens with one attached hydrogen (secondary N) is 1. The van der Waals surface area contributed by atoms with Gasteiger partial charge in [0.05, 0.1) is 0 Å². The Hall–Kier alpha value is -0.610. The van der Waals surface area contributed by atoms with Crippen molar-refractivity contribution in [3.63, 3.8) is 0 Å². The van der Waals surface area contributed by atoms with Gasteiger partial charge in [0.25, 0.3) is 0 Å². The van der Waals surface area contributed by atoms with Crippen LogP contribution in [0.2, 0.25) is 0 Å². The normalized spacial score (nSPS) is 24.2. The molecule has 4 heteroatoms. The molecule has 0 radical (unpaired) electrons. The lowest BCUT2D eigenvalue weighted by Crippen LogP contribution is -2.44. The van der Waals surface area contributed by atoms with Crippen molar-refractivity contribution in [1.29, 1.82) is 0 Å². The van der Waals surface area contributed by atoms with Gasteiger partial charge in [0.15, 0.2) is 0 Å². The minimum absolute atomic E-state index is 0.107. The van der Waals surface area contributed by atoms with Gasteiger partial charge in [0.1, 0.15) is 0 Å². The molecule has 1 amide bonds. The molecular weight excluding hydrogens is 250 g/mol. The molecule has 0 bridgehead atoms. The maximum absolute atomic E-state index is 11.0. The first-order valence-corrected chi connectivity index (χ1v) is 8.35. The molecular formula is C16H35N3O. The van der Waals surface area contributed by atoms with Gasteiger partial charge in [-0.1, -0.05) is 27.7 Å². The van der Waals surface area contributed by atoms with Crippen LogP contribution in [-0.2, 0) is 4.79 Å². The van der Waals surface area contributed by atoms with Crippen LogP contribution in [0.1, 0.15) is 53.9 Å². The summed E-state index contributed by atoms with van der Waals surface area (Å²) in [6.07, 6.45) is 3.68. The molecule has 2 fully saturated rings. The number of carbonyl (C=O) groups excluding carboxylic acids is 1. The van der Waals surface area contributed by atoms with E-state index in [9.17, 15) is 4.79 Å². The van der Waals surface area contributed by atoms with Crippen LogP contribution >= 0.6 is 0 Å². The maximum atomic E-state index is 11.0. The molecule has 0 aliphatic carbocycles. The zero-order chi connectivity index (χ0) is 15.5. The first-order valence-electron chi connectivity index (χ1n) is 8.35. The van der Waals surface area contributed by atoms with Gasteiger partial charge >= 0.3 is 0 Å². The first-order chi connectivity index (χ1) is 9.65. The van der Waals surface area contributed by atoms with E-state index in [0.717, 1.165) is 25.6 Å². The molecule has 20 heavy (non-hydrogen) atoms. The SMILES string of the molecule is CC.CC.CC(=O)NC1CCN(C2CCN(C)CC2)C1. The number of hydrogen-bond donors (Lipinski definition) is 1. The number of hydrogen-bond acceptors (Lipinski definition) is 3. The molecule has 2 aliphatic heterocycles. The molecule has 2 saturated heterocycles. The van der Waals surface area contributed by atoms with E-state index in [1.807, 2.05) is 27.7 Å². The Labute approximate surface area is 125 Å². The van der Waals surface area contributed by atoms with Gasteiger partial charge in [-0.05, 0) is 39.4 Å². The number of likely N-dealkylation sites (tertiary alicyclic amines) is 2. The third kappa shape index (κ3) is 6.71. The Kier molecular flexibility index (Phi) is 10.8. The molecule has 2 heterocycles. The van der Waals surface area contributed by atoms with E-state index in [2.05, 4.69) is 22.2 Å². The summed E-state index contributed by atoms with van der Waals surface area (Å²) in [7, 11) is 2.19. The van der Waals surface area contributed by atoms with Gasteiger partial charge in [-0.2, -0.15) is 0 Å². The van der Waals surface area contributed by atoms with E-state index in [4.69, 9.17) is 0 Å². The highest BCUT2D eigenvalue weighted by atomic mass is 16.1. The average molecular weight is 285 g/mol. The van der Waals surface area contributed by atoms with Gasteiger partial charge in [-0.25, -0.2) is 0 Å². The molecule has 0 aromatic carbocycles. The molecule has 120 valence electrons. The van der Waals surface area contributed by atoms with Crippen LogP contribution in [0.4, 0.5) is 0 Å². The second kappa shape index (κ2) is 11.1. The van der Waals surface area contributed by atoms with Crippen LogP contribution in [-0.4, -0.2) is 61.0 Å². The fourth-order valence-corrected chi connectivity index (χ4v) is 2.88. The van der Waals surface area contributed by atoms with E-state index < -0.39 is 0 Å². The summed E-state index contributed by atoms with van der Waals surface area (Å²) in [5.74, 6) is 0.107. The predicted molar refractivity (Wildman–Crippen MR) is 87.0 cm³/mol. The Bertz CT molecular complexity index is 250. The third-order valence-corrected chi connectivity index (χ3v) is 3.83. The highest BCUT2D eigenvalue weighted by Crippen LogP contribution is 2.20. The fourth-order valence-electron chi connectivity index (χ4n) is 2.88. The molecule has 0 aromatic heterocycles. The largest absolute Gasteiger partial charge is 0.352 e. The number of nitrogens with zero attached hydrogens (tertiary/aromatic N) is 2. The van der Waals surface area contributed by atoms with E-state index in [1.54, 1.807) is 6.92 Å². The summed E-state index contributed by atoms with van der Waals surface area (Å²) in [6.45, 7) is 14.2. The van der Waals surface area contributed by atoms with Crippen molar-refractivity contribution in [2.24, 2.45) is 0 Å². The minimum atomic E-state index is 0.107. The van der Waals surface area contributed by atoms with Crippen LogP contribution in [0.3, 0.4) is 0 Å². The molecule has 0 aromatic rings. The Morgan fingerprint density at radius 1 is 1.00 bits per heavy atom. The molecule has 1 atom stereocenters. The highest BCUT2D eigenvalue weighted by Gasteiger charge is 2.30. The lowest BCUT2D eigenvalue weighted by Gasteiger charge is -2.35. The van der Waals surface area contributed by atoms with E-state index in [1.165, 1.54) is 25.9 Å². The summed E-state index contributed by atoms with van der Waals surface area (Å²) in [5.41, 5.74) is 0. The zero-order valence-corrected chi connectivity index (χ0v) is 14.4. The van der Waals surface area contributed by atoms with E-state index in [0.29, 0.717) is 6.04 Å². The second-order valence-corrected chi connectivity index (χ2v) is 5.22. The number of piperidine rings is 1. The van der Waals surface area contributed by atoms with Crippen LogP contribution in [0.15, 0.2) is 0 Å². The molecule has 4 nitrogen and oxygen atoms in total. The van der Waals surface area contributed by atoms with Crippen LogP contribution in [0, 0.1) is 0 Å². The Morgan fingerprint density at radius 2 is 1.55 bits per heavy atom. The topological polar surface area (TPSA) is 35.6 Å². The summed E-state index contributed by atoms with van der Waals surface area (Å²) >= 11 is 0. The van der Waals surface area contributed by atoms with Gasteiger partial charge in [0, 0.05) is 32.1 Å². The maximum Gasteiger partial charge on any atom is 0.217 e. The average Bonchev–Trinajstić information content (AvgIpc) is 2.92. The van der Waals surface area contributed by atoms with Crippen LogP contribution in [0.25, 0.3) is 0 Å². The van der Waals surface area contributed by atoms with Gasteiger partial charge in [0.2, 0.25) is 5.91 Å². The van der Waals surface area contributed by atoms with Crippen molar-refractivity contribution in [1.82, 2.24) is 15.1 Å². The lowest BCUT2D eigenvalue weighted by atomic mass is 10.0. The van der Waals surface area contributed by atoms with Crippen LogP contribution in [0.5, 0.6) is 0 Å². The summed E-state index contributed by atoms with van der Waals surface area (Å²) in [6, 6.07) is 1.13. The van der Waals surface area contributed by atoms with Crippen molar-refractivity contribution in [2.45, 2.75) is 66.0 Å². The molecule has 1 unspecified atom stereocenters. The standard InChI is InChI=1S/C12H23N3O.2C2H6/c1-10(16)13-11-3-8-15(9-11)12-4-6-14(2)7-5-12;2*1-2/h11-12H,3-9H2,1-2H3,(H,13,16);2*1-2H3. The Balaban J connectivity index is 0.000000829. The van der Waals surface area contributed by atoms with Crippen molar-refractivity contribution in [3.05, 3.63) is 0 Å². The molecule has 2 rings (SSSR count). The van der Waals surface area contributed by atoms with Crippen LogP contribution < -0.4 is 5.32 Å². The lowest BCUT2D eigenvalue weighted by molar-refractivity contribution is -0.119. The summed E-state index contributed by atoms with van der Waals surface area (Å²) < 4.78 is 0. The van der Waals surface area contributed by atoms with Gasteiger partial charge in [-0.15, -0.1) is 0 Å². The van der Waals surface area contributed by atoms with Crippen molar-refractivity contribution in [2.75, 3.05) is 33.2 Å². The zero-order valence-electron chi connectivity index (χ0n) is 14.4. The van der Waals surface area contributed by atoms with E-state index in [-0.39, 0.29) is 5.91 Å². The summed E-state index contributed by atoms with van der Waals surface area (Å²) in [5, 5.41) is 3.03. The quantitative estimate of drug-likeness (QED) is 0.846. The monoisotopic (exact) mass is 285 g/mol. The number of amides is 1. The van der Waals surface area contributed by atoms with Crippen molar-refractivity contribution >= 4 is 5.91 Å². The molecule has 0 spiro atoms. The molecule has 1 N–H and O–H groups in total. The smallest absolute Gasteiger partial charge is 0.217 e. The highest BCUT2D eigenvalue weighted by molar-refractivity contribution is 5.73. The number of carbonyl (C=O) groups is 1. The molecule has 0 saturated carbocycles. The van der Waals surface area contributed by atoms with E-state index >= 15 is 0 Å². The second-order valence-electron chi connectivity index (χ2n) is 5.22. The molecule has 2 aliphatic rings. The minimum Gasteiger partial charge on any atom is -0.352 e. The van der Waals surface area contributed by atoms with Gasteiger partial charge in [-0.3, -0.25) is 9.69 Å². The van der Waals surface area contributed by atoms with Crippen molar-refractivity contribution < 1.29 is 4.79 Å². The first kappa shape index (κ1) is 19.4. The van der Waals surface area contributed by atoms with Gasteiger partial charge < -0.3 is 10.2 Å². The number of rotatable bonds is 2. The predicted octanol–water partition coefficient (Wildman–Crippen LogP) is 2.34. The van der Waals surface area contributed by atoms with Crippen molar-refractivity contribution in [3.8, 4) is 0 Å². The summed E-state index contributed by atoms with van der Waals surface area (Å²) in [4.78, 5) is 16.0. The Morgan fingerprint density at radius 3 is 2.05 bits per heavy atom. The fraction of sp³-hybridized carbons (Fsp3) is 0.938.